The van der Waals surface area contributed by atoms with E-state index in [4.69, 9.17) is 16.3 Å². The minimum atomic E-state index is -1.07. The molecule has 2 N–H and O–H groups in total. The first-order valence-corrected chi connectivity index (χ1v) is 16.9. The highest BCUT2D eigenvalue weighted by Crippen LogP contribution is 2.44. The second-order valence-corrected chi connectivity index (χ2v) is 13.7. The Hall–Kier alpha value is -4.94. The summed E-state index contributed by atoms with van der Waals surface area (Å²) in [5.74, 6) is -1.34. The number of nitrogens with zero attached hydrogens (tertiary/aromatic N) is 5. The van der Waals surface area contributed by atoms with Gasteiger partial charge in [-0.15, -0.1) is 5.10 Å². The first-order valence-electron chi connectivity index (χ1n) is 16.6. The van der Waals surface area contributed by atoms with E-state index < -0.39 is 29.3 Å². The maximum atomic E-state index is 15.4. The number of carbonyl (C=O) groups is 3. The van der Waals surface area contributed by atoms with E-state index in [-0.39, 0.29) is 34.0 Å². The molecule has 0 aliphatic carbocycles. The molecule has 0 spiro atoms. The molecule has 1 unspecified atom stereocenters. The number of nitrogens with one attached hydrogen (secondary N) is 1. The molecule has 50 heavy (non-hydrogen) atoms. The molecule has 1 aromatic heterocycles. The molecule has 1 amide bonds. The van der Waals surface area contributed by atoms with Crippen LogP contribution in [0.1, 0.15) is 71.8 Å². The van der Waals surface area contributed by atoms with Crippen LogP contribution in [0.4, 0.5) is 4.39 Å². The average Bonchev–Trinajstić information content (AvgIpc) is 3.64. The average molecular weight is 701 g/mol. The summed E-state index contributed by atoms with van der Waals surface area (Å²) in [6.45, 7) is 6.33. The van der Waals surface area contributed by atoms with Crippen LogP contribution in [0.15, 0.2) is 67.0 Å². The van der Waals surface area contributed by atoms with Crippen molar-refractivity contribution in [2.24, 2.45) is 5.92 Å². The molecule has 2 aliphatic heterocycles. The van der Waals surface area contributed by atoms with Crippen molar-refractivity contribution in [3.8, 4) is 11.4 Å². The molecule has 3 heterocycles. The minimum Gasteiger partial charge on any atom is -0.493 e. The fourth-order valence-corrected chi connectivity index (χ4v) is 7.07. The van der Waals surface area contributed by atoms with Gasteiger partial charge in [-0.05, 0) is 116 Å². The predicted molar refractivity (Wildman–Crippen MR) is 185 cm³/mol. The first-order chi connectivity index (χ1) is 24.0. The highest BCUT2D eigenvalue weighted by atomic mass is 35.5. The van der Waals surface area contributed by atoms with Gasteiger partial charge in [-0.1, -0.05) is 35.9 Å². The highest BCUT2D eigenvalue weighted by Gasteiger charge is 2.45. The van der Waals surface area contributed by atoms with E-state index in [9.17, 15) is 19.5 Å². The zero-order valence-corrected chi connectivity index (χ0v) is 28.6. The van der Waals surface area contributed by atoms with Gasteiger partial charge in [0.1, 0.15) is 18.1 Å². The van der Waals surface area contributed by atoms with Crippen molar-refractivity contribution in [1.29, 1.82) is 0 Å². The van der Waals surface area contributed by atoms with Gasteiger partial charge in [0.15, 0.2) is 11.6 Å². The molecule has 0 saturated carbocycles. The van der Waals surface area contributed by atoms with Crippen LogP contribution in [0.3, 0.4) is 0 Å². The third-order valence-electron chi connectivity index (χ3n) is 9.45. The summed E-state index contributed by atoms with van der Waals surface area (Å²) in [6, 6.07) is 13.6. The van der Waals surface area contributed by atoms with Crippen LogP contribution >= 0.6 is 11.6 Å². The monoisotopic (exact) mass is 700 g/mol. The number of Topliss-reactive ketones (excluding diaryl/α,β-unsaturated/α-hetero) is 1. The van der Waals surface area contributed by atoms with Gasteiger partial charge in [-0.3, -0.25) is 9.59 Å². The second-order valence-electron chi connectivity index (χ2n) is 13.3. The number of halogens is 2. The molecule has 1 fully saturated rings. The quantitative estimate of drug-likeness (QED) is 0.190. The van der Waals surface area contributed by atoms with E-state index in [2.05, 4.69) is 20.8 Å². The van der Waals surface area contributed by atoms with Gasteiger partial charge in [0, 0.05) is 29.2 Å². The topological polar surface area (TPSA) is 140 Å². The second kappa shape index (κ2) is 14.9. The summed E-state index contributed by atoms with van der Waals surface area (Å²) >= 11 is 6.12. The van der Waals surface area contributed by atoms with Gasteiger partial charge >= 0.3 is 5.97 Å². The van der Waals surface area contributed by atoms with E-state index in [1.165, 1.54) is 46.3 Å². The van der Waals surface area contributed by atoms with Gasteiger partial charge in [-0.25, -0.2) is 9.18 Å². The number of aromatic nitrogens is 4. The molecule has 6 rings (SSSR count). The van der Waals surface area contributed by atoms with Crippen LogP contribution in [-0.4, -0.2) is 73.1 Å². The largest absolute Gasteiger partial charge is 0.493 e. The van der Waals surface area contributed by atoms with Crippen molar-refractivity contribution in [3.05, 3.63) is 106 Å². The van der Waals surface area contributed by atoms with Gasteiger partial charge in [0.2, 0.25) is 5.91 Å². The number of fused-ring (bicyclic) bond motifs is 1. The number of carboxylic acid groups (broad SMARTS) is 1. The molecule has 2 aliphatic rings. The number of tetrazole rings is 1. The number of piperidine rings is 1. The highest BCUT2D eigenvalue weighted by molar-refractivity contribution is 6.31. The van der Waals surface area contributed by atoms with E-state index in [0.717, 1.165) is 37.9 Å². The number of hydrogen-bond acceptors (Lipinski definition) is 8. The lowest BCUT2D eigenvalue weighted by Gasteiger charge is -2.48. The predicted octanol–water partition coefficient (Wildman–Crippen LogP) is 5.65. The Labute approximate surface area is 294 Å². The van der Waals surface area contributed by atoms with Crippen molar-refractivity contribution < 1.29 is 28.6 Å². The van der Waals surface area contributed by atoms with E-state index >= 15 is 4.39 Å². The fraction of sp³-hybridized carbons (Fsp3) is 0.351. The summed E-state index contributed by atoms with van der Waals surface area (Å²) in [7, 11) is 0. The number of benzene rings is 3. The molecule has 1 atom stereocenters. The number of aromatic carboxylic acids is 1. The number of amides is 1. The van der Waals surface area contributed by atoms with Gasteiger partial charge in [0.05, 0.1) is 22.9 Å². The van der Waals surface area contributed by atoms with Crippen molar-refractivity contribution in [1.82, 2.24) is 30.4 Å². The van der Waals surface area contributed by atoms with E-state index in [0.29, 0.717) is 35.8 Å². The Kier molecular flexibility index (Phi) is 10.4. The Balaban J connectivity index is 1.35. The maximum absolute atomic E-state index is 15.4. The summed E-state index contributed by atoms with van der Waals surface area (Å²) < 4.78 is 23.0. The zero-order chi connectivity index (χ0) is 35.4. The van der Waals surface area contributed by atoms with Crippen LogP contribution < -0.4 is 10.1 Å². The van der Waals surface area contributed by atoms with Crippen LogP contribution in [0.2, 0.25) is 5.02 Å². The molecular weight excluding hydrogens is 663 g/mol. The molecule has 13 heteroatoms. The SMILES string of the molecule is CC1(C)Cc2c(OCCC3CCNCC3)cccc2C(C(=O)Cc2ccc(C(=O)O)cc2)N1C(=O)/C=C/c1c(-n2cnnn2)ccc(Cl)c1F. The van der Waals surface area contributed by atoms with E-state index in [1.807, 2.05) is 32.0 Å². The lowest BCUT2D eigenvalue weighted by molar-refractivity contribution is -0.143. The molecule has 1 saturated heterocycles. The molecule has 260 valence electrons. The number of ketones is 1. The Bertz CT molecular complexity index is 1910. The Morgan fingerprint density at radius 3 is 2.56 bits per heavy atom. The number of ether oxygens (including phenoxy) is 1. The number of carboxylic acids is 1. The molecular formula is C37H38ClFN6O5. The Morgan fingerprint density at radius 2 is 1.86 bits per heavy atom. The van der Waals surface area contributed by atoms with Crippen LogP contribution in [-0.2, 0) is 22.4 Å². The number of hydrogen-bond donors (Lipinski definition) is 2. The fourth-order valence-electron chi connectivity index (χ4n) is 6.90. The lowest BCUT2D eigenvalue weighted by atomic mass is 9.78. The van der Waals surface area contributed by atoms with Gasteiger partial charge in [0.25, 0.3) is 0 Å². The van der Waals surface area contributed by atoms with Crippen molar-refractivity contribution >= 4 is 35.3 Å². The first kappa shape index (κ1) is 34.9. The summed E-state index contributed by atoms with van der Waals surface area (Å²) in [6.07, 6.45) is 7.34. The normalized spacial score (nSPS) is 17.4. The van der Waals surface area contributed by atoms with Gasteiger partial charge < -0.3 is 20.1 Å². The summed E-state index contributed by atoms with van der Waals surface area (Å²) in [5, 5.41) is 23.7. The third-order valence-corrected chi connectivity index (χ3v) is 9.74. The summed E-state index contributed by atoms with van der Waals surface area (Å²) in [4.78, 5) is 41.6. The summed E-state index contributed by atoms with van der Waals surface area (Å²) in [5.41, 5.74) is 1.62. The molecule has 0 bridgehead atoms. The smallest absolute Gasteiger partial charge is 0.335 e. The van der Waals surface area contributed by atoms with Crippen LogP contribution in [0, 0.1) is 11.7 Å². The zero-order valence-electron chi connectivity index (χ0n) is 27.8. The van der Waals surface area contributed by atoms with E-state index in [1.54, 1.807) is 18.2 Å². The van der Waals surface area contributed by atoms with Crippen LogP contribution in [0.5, 0.6) is 5.75 Å². The minimum absolute atomic E-state index is 0.000745. The molecule has 4 aromatic rings. The number of carbonyl (C=O) groups excluding carboxylic acids is 2. The van der Waals surface area contributed by atoms with Gasteiger partial charge in [-0.2, -0.15) is 4.68 Å². The molecule has 11 nitrogen and oxygen atoms in total. The Morgan fingerprint density at radius 1 is 1.10 bits per heavy atom. The molecule has 3 aromatic carbocycles. The van der Waals surface area contributed by atoms with Crippen molar-refractivity contribution in [2.45, 2.75) is 57.5 Å². The van der Waals surface area contributed by atoms with Crippen LogP contribution in [0.25, 0.3) is 11.8 Å². The third kappa shape index (κ3) is 7.46. The maximum Gasteiger partial charge on any atom is 0.335 e. The lowest BCUT2D eigenvalue weighted by Crippen LogP contribution is -2.55. The van der Waals surface area contributed by atoms with Crippen molar-refractivity contribution in [2.75, 3.05) is 19.7 Å². The molecule has 0 radical (unpaired) electrons. The number of rotatable bonds is 11. The van der Waals surface area contributed by atoms with Crippen molar-refractivity contribution in [3.63, 3.8) is 0 Å². The standard InChI is InChI=1S/C37H38ClFN6O5/c1-37(2)21-28-26(4-3-5-32(28)50-19-16-23-14-17-40-18-15-23)35(31(46)20-24-6-8-25(9-7-24)36(48)49)45(37)33(47)13-10-27-30(44-22-41-42-43-44)12-11-29(38)34(27)39/h3-13,22-23,35,40H,14-21H2,1-2H3,(H,48,49)/b13-10+.